The summed E-state index contributed by atoms with van der Waals surface area (Å²) >= 11 is 0. The molecule has 0 fully saturated rings. The number of carbonyl (C=O) groups is 1. The third-order valence-corrected chi connectivity index (χ3v) is 5.39. The lowest BCUT2D eigenvalue weighted by Crippen LogP contribution is -2.37. The highest BCUT2D eigenvalue weighted by atomic mass is 16.7. The number of carbonyl (C=O) groups excluding carboxylic acids is 1. The average Bonchev–Trinajstić information content (AvgIpc) is 3.05. The molecular weight excluding hydrogens is 362 g/mol. The summed E-state index contributed by atoms with van der Waals surface area (Å²) in [4.78, 5) is 24.3. The lowest BCUT2D eigenvalue weighted by atomic mass is 9.68. The minimum Gasteiger partial charge on any atom is -0.454 e. The zero-order chi connectivity index (χ0) is 20.2. The molecule has 144 valence electrons. The van der Waals surface area contributed by atoms with Crippen LogP contribution >= 0.6 is 0 Å². The predicted molar refractivity (Wildman–Crippen MR) is 98.5 cm³/mol. The summed E-state index contributed by atoms with van der Waals surface area (Å²) in [5.41, 5.74) is 1.92. The summed E-state index contributed by atoms with van der Waals surface area (Å²) in [6, 6.07) is 4.98. The standard InChI is InChI=1S/C20H19N3O5/c1-10-12(8-21)18(19-13(22-10)6-20(2,3)7-15(19)24)11-4-16-17(28-9-27-16)5-14(11)23(25)26/h4-5,18,22H,6-7,9H2,1-3H3/t18-/m1/s1. The van der Waals surface area contributed by atoms with E-state index in [0.717, 1.165) is 5.70 Å². The molecule has 1 aromatic carbocycles. The van der Waals surface area contributed by atoms with E-state index in [-0.39, 0.29) is 35.0 Å². The van der Waals surface area contributed by atoms with Crippen molar-refractivity contribution in [3.63, 3.8) is 0 Å². The van der Waals surface area contributed by atoms with Crippen molar-refractivity contribution in [1.29, 1.82) is 5.26 Å². The van der Waals surface area contributed by atoms with Crippen LogP contribution in [0, 0.1) is 26.9 Å². The van der Waals surface area contributed by atoms with E-state index in [0.29, 0.717) is 35.4 Å². The summed E-state index contributed by atoms with van der Waals surface area (Å²) < 4.78 is 10.7. The molecule has 3 aliphatic rings. The van der Waals surface area contributed by atoms with Crippen LogP contribution in [0.2, 0.25) is 0 Å². The Morgan fingerprint density at radius 3 is 2.61 bits per heavy atom. The number of nitro groups is 1. The molecule has 2 heterocycles. The fourth-order valence-electron chi connectivity index (χ4n) is 4.23. The van der Waals surface area contributed by atoms with Gasteiger partial charge in [0.1, 0.15) is 0 Å². The van der Waals surface area contributed by atoms with Crippen LogP contribution in [-0.4, -0.2) is 17.5 Å². The second-order valence-corrected chi connectivity index (χ2v) is 8.06. The van der Waals surface area contributed by atoms with Crippen molar-refractivity contribution in [3.8, 4) is 17.6 Å². The van der Waals surface area contributed by atoms with E-state index < -0.39 is 10.8 Å². The number of Topliss-reactive ketones (excluding diaryl/α,β-unsaturated/α-hetero) is 1. The van der Waals surface area contributed by atoms with Crippen molar-refractivity contribution in [1.82, 2.24) is 5.32 Å². The third-order valence-electron chi connectivity index (χ3n) is 5.39. The van der Waals surface area contributed by atoms with Crippen LogP contribution in [0.15, 0.2) is 34.7 Å². The molecule has 0 aromatic heterocycles. The van der Waals surface area contributed by atoms with Crippen molar-refractivity contribution >= 4 is 11.5 Å². The number of hydrogen-bond acceptors (Lipinski definition) is 7. The Kier molecular flexibility index (Phi) is 3.93. The maximum atomic E-state index is 13.1. The summed E-state index contributed by atoms with van der Waals surface area (Å²) in [5, 5.41) is 24.8. The number of rotatable bonds is 2. The van der Waals surface area contributed by atoms with Crippen LogP contribution in [0.3, 0.4) is 0 Å². The van der Waals surface area contributed by atoms with Gasteiger partial charge in [-0.2, -0.15) is 5.26 Å². The van der Waals surface area contributed by atoms with Crippen molar-refractivity contribution in [2.75, 3.05) is 6.79 Å². The number of ketones is 1. The van der Waals surface area contributed by atoms with Gasteiger partial charge in [-0.05, 0) is 24.8 Å². The van der Waals surface area contributed by atoms with Gasteiger partial charge < -0.3 is 14.8 Å². The number of hydrogen-bond donors (Lipinski definition) is 1. The molecule has 8 nitrogen and oxygen atoms in total. The molecule has 0 amide bonds. The second kappa shape index (κ2) is 6.09. The first-order valence-electron chi connectivity index (χ1n) is 8.94. The van der Waals surface area contributed by atoms with Crippen LogP contribution in [0.5, 0.6) is 11.5 Å². The Morgan fingerprint density at radius 2 is 1.96 bits per heavy atom. The maximum Gasteiger partial charge on any atom is 0.277 e. The first kappa shape index (κ1) is 18.0. The molecule has 4 rings (SSSR count). The van der Waals surface area contributed by atoms with Gasteiger partial charge in [0.25, 0.3) is 5.69 Å². The molecule has 0 saturated heterocycles. The molecule has 0 radical (unpaired) electrons. The lowest BCUT2D eigenvalue weighted by Gasteiger charge is -2.38. The molecule has 1 aromatic rings. The summed E-state index contributed by atoms with van der Waals surface area (Å²) in [5.74, 6) is -0.246. The second-order valence-electron chi connectivity index (χ2n) is 8.06. The largest absolute Gasteiger partial charge is 0.454 e. The quantitative estimate of drug-likeness (QED) is 0.616. The van der Waals surface area contributed by atoms with Gasteiger partial charge in [-0.15, -0.1) is 0 Å². The lowest BCUT2D eigenvalue weighted by molar-refractivity contribution is -0.385. The van der Waals surface area contributed by atoms with E-state index >= 15 is 0 Å². The highest BCUT2D eigenvalue weighted by Crippen LogP contribution is 2.50. The Morgan fingerprint density at radius 1 is 1.29 bits per heavy atom. The van der Waals surface area contributed by atoms with Crippen molar-refractivity contribution in [2.45, 2.75) is 39.5 Å². The first-order valence-corrected chi connectivity index (χ1v) is 8.94. The number of ether oxygens (including phenoxy) is 2. The van der Waals surface area contributed by atoms with E-state index in [1.807, 2.05) is 13.8 Å². The Balaban J connectivity index is 1.97. The molecule has 1 aliphatic carbocycles. The van der Waals surface area contributed by atoms with E-state index in [1.165, 1.54) is 12.1 Å². The van der Waals surface area contributed by atoms with Gasteiger partial charge in [-0.3, -0.25) is 14.9 Å². The highest BCUT2D eigenvalue weighted by molar-refractivity contribution is 6.00. The molecule has 0 saturated carbocycles. The molecule has 0 bridgehead atoms. The smallest absolute Gasteiger partial charge is 0.277 e. The van der Waals surface area contributed by atoms with Gasteiger partial charge in [-0.1, -0.05) is 13.8 Å². The van der Waals surface area contributed by atoms with Crippen LogP contribution in [0.4, 0.5) is 5.69 Å². The predicted octanol–water partition coefficient (Wildman–Crippen LogP) is 3.45. The van der Waals surface area contributed by atoms with E-state index in [4.69, 9.17) is 9.47 Å². The highest BCUT2D eigenvalue weighted by Gasteiger charge is 2.43. The van der Waals surface area contributed by atoms with Gasteiger partial charge in [0, 0.05) is 29.0 Å². The van der Waals surface area contributed by atoms with Gasteiger partial charge >= 0.3 is 0 Å². The Hall–Kier alpha value is -3.34. The molecule has 8 heteroatoms. The number of fused-ring (bicyclic) bond motifs is 1. The topological polar surface area (TPSA) is 114 Å². The third kappa shape index (κ3) is 2.71. The van der Waals surface area contributed by atoms with Gasteiger partial charge in [0.05, 0.1) is 28.5 Å². The normalized spacial score (nSPS) is 22.5. The Labute approximate surface area is 161 Å². The summed E-state index contributed by atoms with van der Waals surface area (Å²) in [6.07, 6.45) is 0.944. The zero-order valence-electron chi connectivity index (χ0n) is 15.8. The maximum absolute atomic E-state index is 13.1. The fraction of sp³-hybridized carbons (Fsp3) is 0.400. The van der Waals surface area contributed by atoms with Crippen molar-refractivity contribution < 1.29 is 19.2 Å². The van der Waals surface area contributed by atoms with Crippen LogP contribution in [0.1, 0.15) is 45.1 Å². The van der Waals surface area contributed by atoms with Crippen molar-refractivity contribution in [2.24, 2.45) is 5.41 Å². The number of nitrogens with zero attached hydrogens (tertiary/aromatic N) is 2. The molecule has 1 atom stereocenters. The number of nitro benzene ring substituents is 1. The number of allylic oxidation sites excluding steroid dienone is 4. The monoisotopic (exact) mass is 381 g/mol. The SMILES string of the molecule is CC1=C(C#N)[C@@H](c2cc3c(cc2[N+](=O)[O-])OCO3)C2=C(CC(C)(C)CC2=O)N1. The summed E-state index contributed by atoms with van der Waals surface area (Å²) in [7, 11) is 0. The van der Waals surface area contributed by atoms with E-state index in [1.54, 1.807) is 6.92 Å². The zero-order valence-corrected chi connectivity index (χ0v) is 15.8. The first-order chi connectivity index (χ1) is 13.2. The van der Waals surface area contributed by atoms with Crippen molar-refractivity contribution in [3.05, 3.63) is 50.4 Å². The van der Waals surface area contributed by atoms with Gasteiger partial charge in [0.15, 0.2) is 17.3 Å². The van der Waals surface area contributed by atoms with E-state index in [2.05, 4.69) is 11.4 Å². The molecule has 28 heavy (non-hydrogen) atoms. The van der Waals surface area contributed by atoms with Gasteiger partial charge in [-0.25, -0.2) is 0 Å². The average molecular weight is 381 g/mol. The molecule has 1 N–H and O–H groups in total. The van der Waals surface area contributed by atoms with Crippen LogP contribution in [-0.2, 0) is 4.79 Å². The van der Waals surface area contributed by atoms with Crippen LogP contribution in [0.25, 0.3) is 0 Å². The number of benzene rings is 1. The van der Waals surface area contributed by atoms with E-state index in [9.17, 15) is 20.2 Å². The number of dihydropyridines is 1. The Bertz CT molecular complexity index is 1030. The van der Waals surface area contributed by atoms with Gasteiger partial charge in [0.2, 0.25) is 6.79 Å². The molecule has 0 spiro atoms. The molecular formula is C20H19N3O5. The molecule has 0 unspecified atom stereocenters. The minimum absolute atomic E-state index is 0.0246. The molecule has 2 aliphatic heterocycles. The fourth-order valence-corrected chi connectivity index (χ4v) is 4.23. The number of nitriles is 1. The minimum atomic E-state index is -0.806. The summed E-state index contributed by atoms with van der Waals surface area (Å²) in [6.45, 7) is 5.74. The number of nitrogens with one attached hydrogen (secondary N) is 1. The van der Waals surface area contributed by atoms with Crippen LogP contribution < -0.4 is 14.8 Å².